The Kier molecular flexibility index (Phi) is 7.00. The Labute approximate surface area is 177 Å². The minimum Gasteiger partial charge on any atom is -0.489 e. The van der Waals surface area contributed by atoms with Crippen LogP contribution in [0.3, 0.4) is 0 Å². The average Bonchev–Trinajstić information content (AvgIpc) is 2.67. The number of fused-ring (bicyclic) bond motifs is 1. The molecule has 2 aromatic rings. The zero-order valence-electron chi connectivity index (χ0n) is 17.1. The van der Waals surface area contributed by atoms with Crippen LogP contribution in [0.4, 0.5) is 11.4 Å². The van der Waals surface area contributed by atoms with Crippen LogP contribution in [0.1, 0.15) is 23.7 Å². The van der Waals surface area contributed by atoms with E-state index in [0.717, 1.165) is 24.4 Å². The van der Waals surface area contributed by atoms with Gasteiger partial charge in [-0.1, -0.05) is 17.7 Å². The fourth-order valence-corrected chi connectivity index (χ4v) is 3.31. The Morgan fingerprint density at radius 3 is 2.90 bits per heavy atom. The van der Waals surface area contributed by atoms with E-state index in [1.165, 1.54) is 0 Å². The first-order chi connectivity index (χ1) is 13.8. The van der Waals surface area contributed by atoms with Gasteiger partial charge in [0.15, 0.2) is 0 Å². The quantitative estimate of drug-likeness (QED) is 0.632. The van der Waals surface area contributed by atoms with Gasteiger partial charge in [0, 0.05) is 22.9 Å². The number of ether oxygens (including phenoxy) is 2. The smallest absolute Gasteiger partial charge is 0.255 e. The first kappa shape index (κ1) is 21.4. The van der Waals surface area contributed by atoms with Crippen molar-refractivity contribution in [2.75, 3.05) is 51.1 Å². The molecule has 0 fully saturated rings. The van der Waals surface area contributed by atoms with Crippen molar-refractivity contribution in [3.8, 4) is 5.75 Å². The highest BCUT2D eigenvalue weighted by Crippen LogP contribution is 2.33. The van der Waals surface area contributed by atoms with Crippen LogP contribution in [0.5, 0.6) is 5.75 Å². The summed E-state index contributed by atoms with van der Waals surface area (Å²) in [5.74, 6) is 0.526. The topological polar surface area (TPSA) is 62.8 Å². The number of rotatable bonds is 8. The summed E-state index contributed by atoms with van der Waals surface area (Å²) in [6.07, 6.45) is 0.981. The molecule has 1 heterocycles. The highest BCUT2D eigenvalue weighted by atomic mass is 35.5. The molecule has 156 valence electrons. The van der Waals surface area contributed by atoms with Crippen LogP contribution in [-0.2, 0) is 4.74 Å². The number of hydrogen-bond acceptors (Lipinski definition) is 5. The Hall–Kier alpha value is -2.28. The fourth-order valence-electron chi connectivity index (χ4n) is 3.12. The van der Waals surface area contributed by atoms with E-state index in [-0.39, 0.29) is 11.4 Å². The van der Waals surface area contributed by atoms with Crippen molar-refractivity contribution in [2.45, 2.75) is 18.9 Å². The summed E-state index contributed by atoms with van der Waals surface area (Å²) in [6.45, 7) is 4.78. The lowest BCUT2D eigenvalue weighted by Gasteiger charge is -2.36. The Morgan fingerprint density at radius 1 is 1.31 bits per heavy atom. The molecular weight excluding hydrogens is 390 g/mol. The van der Waals surface area contributed by atoms with Crippen molar-refractivity contribution in [2.24, 2.45) is 0 Å². The molecule has 1 amide bonds. The van der Waals surface area contributed by atoms with Crippen molar-refractivity contribution < 1.29 is 14.3 Å². The van der Waals surface area contributed by atoms with E-state index in [4.69, 9.17) is 21.1 Å². The summed E-state index contributed by atoms with van der Waals surface area (Å²) in [7, 11) is 4.10. The van der Waals surface area contributed by atoms with Crippen LogP contribution in [-0.4, -0.2) is 56.8 Å². The molecule has 0 radical (unpaired) electrons. The second-order valence-electron chi connectivity index (χ2n) is 7.86. The third kappa shape index (κ3) is 6.10. The number of anilines is 2. The highest BCUT2D eigenvalue weighted by Gasteiger charge is 2.31. The van der Waals surface area contributed by atoms with Crippen LogP contribution >= 0.6 is 11.6 Å². The van der Waals surface area contributed by atoms with Crippen LogP contribution in [0.25, 0.3) is 0 Å². The van der Waals surface area contributed by atoms with Gasteiger partial charge in [0.1, 0.15) is 12.4 Å². The zero-order chi connectivity index (χ0) is 20.9. The van der Waals surface area contributed by atoms with E-state index in [9.17, 15) is 4.79 Å². The van der Waals surface area contributed by atoms with Crippen LogP contribution < -0.4 is 15.4 Å². The third-order valence-corrected chi connectivity index (χ3v) is 4.86. The number of nitrogens with one attached hydrogen (secondary N) is 2. The van der Waals surface area contributed by atoms with Gasteiger partial charge in [-0.3, -0.25) is 4.79 Å². The molecule has 7 heteroatoms. The molecule has 29 heavy (non-hydrogen) atoms. The second-order valence-corrected chi connectivity index (χ2v) is 8.30. The molecular formula is C22H28ClN3O3. The lowest BCUT2D eigenvalue weighted by Crippen LogP contribution is -2.48. The van der Waals surface area contributed by atoms with Crippen molar-refractivity contribution in [1.29, 1.82) is 0 Å². The molecule has 0 aliphatic carbocycles. The minimum absolute atomic E-state index is 0.205. The van der Waals surface area contributed by atoms with E-state index in [2.05, 4.69) is 36.6 Å². The van der Waals surface area contributed by atoms with E-state index in [0.29, 0.717) is 36.1 Å². The highest BCUT2D eigenvalue weighted by molar-refractivity contribution is 6.31. The molecule has 1 aliphatic rings. The van der Waals surface area contributed by atoms with Gasteiger partial charge in [0.2, 0.25) is 0 Å². The van der Waals surface area contributed by atoms with Gasteiger partial charge in [0.05, 0.1) is 17.8 Å². The molecule has 6 nitrogen and oxygen atoms in total. The van der Waals surface area contributed by atoms with E-state index >= 15 is 0 Å². The summed E-state index contributed by atoms with van der Waals surface area (Å²) in [5, 5.41) is 6.92. The van der Waals surface area contributed by atoms with Gasteiger partial charge >= 0.3 is 0 Å². The van der Waals surface area contributed by atoms with E-state index in [1.807, 2.05) is 6.07 Å². The molecule has 1 aliphatic heterocycles. The zero-order valence-corrected chi connectivity index (χ0v) is 17.9. The molecule has 0 saturated heterocycles. The molecule has 1 unspecified atom stereocenters. The lowest BCUT2D eigenvalue weighted by atomic mass is 10.0. The summed E-state index contributed by atoms with van der Waals surface area (Å²) < 4.78 is 11.8. The van der Waals surface area contributed by atoms with Gasteiger partial charge < -0.3 is 25.0 Å². The molecule has 2 aromatic carbocycles. The number of hydrogen-bond donors (Lipinski definition) is 2. The Balaban J connectivity index is 1.61. The molecule has 0 spiro atoms. The van der Waals surface area contributed by atoms with Crippen molar-refractivity contribution >= 4 is 28.9 Å². The Morgan fingerprint density at radius 2 is 2.14 bits per heavy atom. The molecule has 0 saturated carbocycles. The maximum atomic E-state index is 12.6. The maximum absolute atomic E-state index is 12.6. The lowest BCUT2D eigenvalue weighted by molar-refractivity contribution is 0.0687. The number of halogens is 1. The summed E-state index contributed by atoms with van der Waals surface area (Å²) >= 11 is 5.99. The average molecular weight is 418 g/mol. The van der Waals surface area contributed by atoms with Gasteiger partial charge in [-0.05, 0) is 70.4 Å². The van der Waals surface area contributed by atoms with Gasteiger partial charge in [-0.2, -0.15) is 0 Å². The fraction of sp³-hybridized carbons (Fsp3) is 0.409. The number of benzene rings is 2. The van der Waals surface area contributed by atoms with Crippen LogP contribution in [0.15, 0.2) is 42.5 Å². The van der Waals surface area contributed by atoms with Crippen LogP contribution in [0.2, 0.25) is 5.02 Å². The monoisotopic (exact) mass is 417 g/mol. The molecule has 0 aromatic heterocycles. The first-order valence-corrected chi connectivity index (χ1v) is 10.1. The molecule has 2 N–H and O–H groups in total. The van der Waals surface area contributed by atoms with Crippen LogP contribution in [0, 0.1) is 0 Å². The van der Waals surface area contributed by atoms with E-state index in [1.54, 1.807) is 36.4 Å². The van der Waals surface area contributed by atoms with Gasteiger partial charge in [-0.15, -0.1) is 0 Å². The van der Waals surface area contributed by atoms with E-state index < -0.39 is 0 Å². The minimum atomic E-state index is -0.354. The number of carbonyl (C=O) groups excluding carboxylic acids is 1. The number of amides is 1. The predicted molar refractivity (Wildman–Crippen MR) is 117 cm³/mol. The molecule has 1 atom stereocenters. The summed E-state index contributed by atoms with van der Waals surface area (Å²) in [5.41, 5.74) is 1.62. The standard InChI is InChI=1S/C22H28ClN3O3/c1-22(14-28-11-5-10-26(2)3)15-29-20-9-8-16(12-19(20)25-22)21(27)24-18-7-4-6-17(23)13-18/h4,6-9,12-13,25H,5,10-11,14-15H2,1-3H3,(H,24,27). The van der Waals surface area contributed by atoms with Crippen molar-refractivity contribution in [3.63, 3.8) is 0 Å². The summed E-state index contributed by atoms with van der Waals surface area (Å²) in [4.78, 5) is 14.8. The SMILES string of the molecule is CN(C)CCCOCC1(C)COc2ccc(C(=O)Nc3cccc(Cl)c3)cc2N1. The third-order valence-electron chi connectivity index (χ3n) is 4.62. The molecule has 0 bridgehead atoms. The second kappa shape index (κ2) is 9.48. The maximum Gasteiger partial charge on any atom is 0.255 e. The number of carbonyl (C=O) groups is 1. The van der Waals surface area contributed by atoms with Gasteiger partial charge in [-0.25, -0.2) is 0 Å². The Bertz CT molecular complexity index is 859. The summed E-state index contributed by atoms with van der Waals surface area (Å²) in [6, 6.07) is 12.4. The first-order valence-electron chi connectivity index (χ1n) is 9.69. The van der Waals surface area contributed by atoms with Gasteiger partial charge in [0.25, 0.3) is 5.91 Å². The van der Waals surface area contributed by atoms with Crippen molar-refractivity contribution in [3.05, 3.63) is 53.1 Å². The predicted octanol–water partition coefficient (Wildman–Crippen LogP) is 4.12. The number of nitrogens with zero attached hydrogens (tertiary/aromatic N) is 1. The largest absolute Gasteiger partial charge is 0.489 e. The van der Waals surface area contributed by atoms with Crippen molar-refractivity contribution in [1.82, 2.24) is 4.90 Å². The normalized spacial score (nSPS) is 18.0. The molecule has 3 rings (SSSR count).